The molecule has 0 atom stereocenters. The van der Waals surface area contributed by atoms with Crippen molar-refractivity contribution in [3.05, 3.63) is 28.2 Å². The summed E-state index contributed by atoms with van der Waals surface area (Å²) in [6, 6.07) is 5.73. The Morgan fingerprint density at radius 1 is 1.50 bits per heavy atom. The molecule has 0 aliphatic carbocycles. The number of rotatable bonds is 1. The lowest BCUT2D eigenvalue weighted by atomic mass is 10.2. The molecule has 2 nitrogen and oxygen atoms in total. The van der Waals surface area contributed by atoms with Gasteiger partial charge in [0.25, 0.3) is 0 Å². The Morgan fingerprint density at radius 2 is 2.20 bits per heavy atom. The van der Waals surface area contributed by atoms with Gasteiger partial charge < -0.3 is 0 Å². The summed E-state index contributed by atoms with van der Waals surface area (Å²) >= 11 is 3.29. The smallest absolute Gasteiger partial charge is 0.102 e. The van der Waals surface area contributed by atoms with E-state index in [4.69, 9.17) is 5.53 Å². The van der Waals surface area contributed by atoms with Crippen LogP contribution < -0.4 is 0 Å². The third-order valence-corrected chi connectivity index (χ3v) is 1.94. The van der Waals surface area contributed by atoms with Gasteiger partial charge in [0.1, 0.15) is 5.69 Å². The average Bonchev–Trinajstić information content (AvgIpc) is 1.88. The summed E-state index contributed by atoms with van der Waals surface area (Å²) in [5.41, 5.74) is 8.55. The quantitative estimate of drug-likeness (QED) is 0.672. The van der Waals surface area contributed by atoms with E-state index in [1.807, 2.05) is 25.1 Å². The highest BCUT2D eigenvalue weighted by Crippen LogP contribution is 2.27. The number of aryl methyl sites for hydroxylation is 1. The molecule has 0 heterocycles. The molecule has 0 fully saturated rings. The molecule has 0 saturated carbocycles. The minimum Gasteiger partial charge on any atom is -0.204 e. The zero-order chi connectivity index (χ0) is 7.56. The van der Waals surface area contributed by atoms with Crippen LogP contribution in [0, 0.1) is 12.5 Å². The maximum atomic E-state index is 6.82. The topological polar surface area (TPSA) is 36.2 Å². The zero-order valence-corrected chi connectivity index (χ0v) is 7.14. The van der Waals surface area contributed by atoms with Crippen molar-refractivity contribution in [1.29, 1.82) is 5.53 Å². The Kier molecular flexibility index (Phi) is 2.17. The number of hydrogen-bond donors (Lipinski definition) is 1. The van der Waals surface area contributed by atoms with Gasteiger partial charge in [-0.25, -0.2) is 5.53 Å². The first kappa shape index (κ1) is 7.41. The number of benzene rings is 1. The molecule has 0 aliphatic heterocycles. The summed E-state index contributed by atoms with van der Waals surface area (Å²) < 4.78 is 0.877. The molecule has 1 N–H and O–H groups in total. The number of halogens is 1. The standard InChI is InChI=1S/C7H7BrN2/c1-5-3-2-4-6(8)7(5)10-9/h2-4,9H,1H3. The zero-order valence-electron chi connectivity index (χ0n) is 5.56. The van der Waals surface area contributed by atoms with E-state index in [-0.39, 0.29) is 0 Å². The minimum atomic E-state index is 0.711. The molecule has 0 aromatic heterocycles. The molecular formula is C7H7BrN2. The van der Waals surface area contributed by atoms with Gasteiger partial charge in [0.2, 0.25) is 0 Å². The molecule has 0 bridgehead atoms. The fourth-order valence-electron chi connectivity index (χ4n) is 0.765. The van der Waals surface area contributed by atoms with E-state index < -0.39 is 0 Å². The summed E-state index contributed by atoms with van der Waals surface area (Å²) in [6.07, 6.45) is 0. The van der Waals surface area contributed by atoms with Crippen LogP contribution in [0.2, 0.25) is 0 Å². The Bertz CT molecular complexity index is 238. The van der Waals surface area contributed by atoms with Crippen LogP contribution in [0.25, 0.3) is 0 Å². The van der Waals surface area contributed by atoms with Crippen LogP contribution in [0.1, 0.15) is 5.56 Å². The van der Waals surface area contributed by atoms with Gasteiger partial charge in [-0.3, -0.25) is 0 Å². The molecule has 1 aromatic rings. The molecule has 0 amide bonds. The Labute approximate surface area is 67.9 Å². The van der Waals surface area contributed by atoms with Crippen molar-refractivity contribution in [3.8, 4) is 0 Å². The van der Waals surface area contributed by atoms with Crippen LogP contribution in [0.3, 0.4) is 0 Å². The normalized spacial score (nSPS) is 9.40. The molecule has 1 aromatic carbocycles. The molecule has 0 aliphatic rings. The fourth-order valence-corrected chi connectivity index (χ4v) is 1.32. The van der Waals surface area contributed by atoms with Gasteiger partial charge in [0.15, 0.2) is 0 Å². The van der Waals surface area contributed by atoms with Crippen LogP contribution >= 0.6 is 15.9 Å². The van der Waals surface area contributed by atoms with Gasteiger partial charge >= 0.3 is 0 Å². The summed E-state index contributed by atoms with van der Waals surface area (Å²) in [6.45, 7) is 1.93. The second-order valence-electron chi connectivity index (χ2n) is 2.02. The molecule has 1 rings (SSSR count). The molecule has 0 unspecified atom stereocenters. The molecule has 0 radical (unpaired) electrons. The Morgan fingerprint density at radius 3 is 2.60 bits per heavy atom. The van der Waals surface area contributed by atoms with E-state index in [9.17, 15) is 0 Å². The predicted molar refractivity (Wildman–Crippen MR) is 43.7 cm³/mol. The second-order valence-corrected chi connectivity index (χ2v) is 2.87. The first-order valence-corrected chi connectivity index (χ1v) is 3.67. The van der Waals surface area contributed by atoms with Crippen molar-refractivity contribution in [2.45, 2.75) is 6.92 Å². The average molecular weight is 199 g/mol. The van der Waals surface area contributed by atoms with Gasteiger partial charge in [0, 0.05) is 4.47 Å². The van der Waals surface area contributed by atoms with E-state index in [2.05, 4.69) is 21.0 Å². The molecular weight excluding hydrogens is 192 g/mol. The fraction of sp³-hybridized carbons (Fsp3) is 0.143. The third kappa shape index (κ3) is 1.24. The first-order valence-electron chi connectivity index (χ1n) is 2.88. The molecule has 10 heavy (non-hydrogen) atoms. The Balaban J connectivity index is 3.30. The lowest BCUT2D eigenvalue weighted by molar-refractivity contribution is 1.13. The molecule has 52 valence electrons. The molecule has 0 saturated heterocycles. The third-order valence-electron chi connectivity index (χ3n) is 1.30. The predicted octanol–water partition coefficient (Wildman–Crippen LogP) is 3.42. The van der Waals surface area contributed by atoms with E-state index in [1.54, 1.807) is 0 Å². The maximum absolute atomic E-state index is 6.82. The number of nitrogens with one attached hydrogen (secondary N) is 1. The van der Waals surface area contributed by atoms with Crippen LogP contribution in [0.5, 0.6) is 0 Å². The second kappa shape index (κ2) is 2.92. The lowest BCUT2D eigenvalue weighted by Gasteiger charge is -1.98. The summed E-state index contributed by atoms with van der Waals surface area (Å²) in [4.78, 5) is 0. The van der Waals surface area contributed by atoms with Gasteiger partial charge in [-0.1, -0.05) is 12.1 Å². The van der Waals surface area contributed by atoms with Crippen molar-refractivity contribution >= 4 is 21.6 Å². The van der Waals surface area contributed by atoms with E-state index in [1.165, 1.54) is 0 Å². The summed E-state index contributed by atoms with van der Waals surface area (Å²) in [5.74, 6) is 0. The van der Waals surface area contributed by atoms with Crippen LogP contribution in [-0.4, -0.2) is 0 Å². The van der Waals surface area contributed by atoms with Crippen molar-refractivity contribution in [2.75, 3.05) is 0 Å². The highest BCUT2D eigenvalue weighted by Gasteiger charge is 1.98. The van der Waals surface area contributed by atoms with Gasteiger partial charge in [-0.15, -0.1) is 0 Å². The van der Waals surface area contributed by atoms with Crippen molar-refractivity contribution < 1.29 is 0 Å². The number of nitrogens with zero attached hydrogens (tertiary/aromatic N) is 1. The van der Waals surface area contributed by atoms with Crippen molar-refractivity contribution in [3.63, 3.8) is 0 Å². The van der Waals surface area contributed by atoms with Gasteiger partial charge in [-0.05, 0) is 34.5 Å². The summed E-state index contributed by atoms with van der Waals surface area (Å²) in [5, 5.41) is 3.37. The number of para-hydroxylation sites is 1. The highest BCUT2D eigenvalue weighted by atomic mass is 79.9. The van der Waals surface area contributed by atoms with Crippen LogP contribution in [-0.2, 0) is 0 Å². The van der Waals surface area contributed by atoms with E-state index in [0.29, 0.717) is 5.69 Å². The SMILES string of the molecule is Cc1cccc(Br)c1N=N. The van der Waals surface area contributed by atoms with E-state index in [0.717, 1.165) is 10.0 Å². The van der Waals surface area contributed by atoms with Crippen molar-refractivity contribution in [2.24, 2.45) is 5.11 Å². The summed E-state index contributed by atoms with van der Waals surface area (Å²) in [7, 11) is 0. The minimum absolute atomic E-state index is 0.711. The monoisotopic (exact) mass is 198 g/mol. The molecule has 0 spiro atoms. The highest BCUT2D eigenvalue weighted by molar-refractivity contribution is 9.10. The van der Waals surface area contributed by atoms with Crippen LogP contribution in [0.15, 0.2) is 27.8 Å². The lowest BCUT2D eigenvalue weighted by Crippen LogP contribution is -1.73. The molecule has 3 heteroatoms. The first-order chi connectivity index (χ1) is 4.75. The Hall–Kier alpha value is -0.700. The van der Waals surface area contributed by atoms with Crippen molar-refractivity contribution in [1.82, 2.24) is 0 Å². The van der Waals surface area contributed by atoms with Gasteiger partial charge in [-0.2, -0.15) is 5.11 Å². The van der Waals surface area contributed by atoms with E-state index >= 15 is 0 Å². The van der Waals surface area contributed by atoms with Crippen LogP contribution in [0.4, 0.5) is 5.69 Å². The maximum Gasteiger partial charge on any atom is 0.102 e. The largest absolute Gasteiger partial charge is 0.204 e. The number of hydrogen-bond acceptors (Lipinski definition) is 2. The van der Waals surface area contributed by atoms with Gasteiger partial charge in [0.05, 0.1) is 0 Å².